The molecule has 0 saturated heterocycles. The van der Waals surface area contributed by atoms with Crippen molar-refractivity contribution in [2.75, 3.05) is 27.3 Å². The largest absolute Gasteiger partial charge is 0.480 e. The first-order valence-electron chi connectivity index (χ1n) is 6.29. The minimum absolute atomic E-state index is 0.304. The normalized spacial score (nSPS) is 15.3. The van der Waals surface area contributed by atoms with Gasteiger partial charge in [-0.3, -0.25) is 9.59 Å². The molecule has 0 aromatic heterocycles. The fourth-order valence-electron chi connectivity index (χ4n) is 1.85. The lowest BCUT2D eigenvalue weighted by molar-refractivity contribution is -0.148. The number of carboxylic acids is 1. The third-order valence-electron chi connectivity index (χ3n) is 3.35. The predicted octanol–water partition coefficient (Wildman–Crippen LogP) is -0.649. The number of methoxy groups -OCH3 is 2. The van der Waals surface area contributed by atoms with E-state index in [1.54, 1.807) is 0 Å². The summed E-state index contributed by atoms with van der Waals surface area (Å²) >= 11 is 0. The average molecular weight is 302 g/mol. The molecule has 1 rings (SSSR count). The molecule has 0 aromatic carbocycles. The number of rotatable bonds is 6. The molecule has 0 heterocycles. The zero-order valence-corrected chi connectivity index (χ0v) is 11.9. The quantitative estimate of drug-likeness (QED) is 0.625. The molecular weight excluding hydrogens is 284 g/mol. The summed E-state index contributed by atoms with van der Waals surface area (Å²) in [6.45, 7) is -0.958. The van der Waals surface area contributed by atoms with Crippen LogP contribution in [0.25, 0.3) is 0 Å². The molecular formula is C12H18N2O7. The van der Waals surface area contributed by atoms with Crippen LogP contribution in [0.3, 0.4) is 0 Å². The zero-order chi connectivity index (χ0) is 16.0. The summed E-state index contributed by atoms with van der Waals surface area (Å²) in [5.74, 6) is -2.60. The Hall–Kier alpha value is -2.32. The highest BCUT2D eigenvalue weighted by molar-refractivity contribution is 5.90. The number of carbonyl (C=O) groups is 4. The number of carbonyl (C=O) groups excluding carboxylic acids is 3. The number of esters is 2. The standard InChI is InChI=1S/C12H18N2O7/c1-20-8(15)6-14(7-9(16)21-2)11(19)13-12(10(17)18)4-3-5-12/h3-7H2,1-2H3,(H,13,19)(H,17,18). The number of carboxylic acid groups (broad SMARTS) is 1. The van der Waals surface area contributed by atoms with Crippen molar-refractivity contribution in [1.82, 2.24) is 10.2 Å². The van der Waals surface area contributed by atoms with Gasteiger partial charge in [0.2, 0.25) is 0 Å². The molecule has 0 unspecified atom stereocenters. The molecule has 0 spiro atoms. The summed E-state index contributed by atoms with van der Waals surface area (Å²) in [6, 6.07) is -0.826. The number of hydrogen-bond acceptors (Lipinski definition) is 6. The van der Waals surface area contributed by atoms with Crippen molar-refractivity contribution in [2.45, 2.75) is 24.8 Å². The second-order valence-electron chi connectivity index (χ2n) is 4.68. The minimum Gasteiger partial charge on any atom is -0.480 e. The van der Waals surface area contributed by atoms with Gasteiger partial charge in [0.1, 0.15) is 18.6 Å². The van der Waals surface area contributed by atoms with Crippen LogP contribution in [0.4, 0.5) is 4.79 Å². The minimum atomic E-state index is -1.33. The topological polar surface area (TPSA) is 122 Å². The molecule has 9 nitrogen and oxygen atoms in total. The Morgan fingerprint density at radius 2 is 1.57 bits per heavy atom. The average Bonchev–Trinajstić information content (AvgIpc) is 2.40. The molecule has 1 saturated carbocycles. The first-order chi connectivity index (χ1) is 9.84. The van der Waals surface area contributed by atoms with Gasteiger partial charge in [0.25, 0.3) is 0 Å². The van der Waals surface area contributed by atoms with Crippen molar-refractivity contribution in [2.24, 2.45) is 0 Å². The Kier molecular flexibility index (Phi) is 5.51. The van der Waals surface area contributed by atoms with E-state index in [1.807, 2.05) is 0 Å². The van der Waals surface area contributed by atoms with Gasteiger partial charge in [-0.1, -0.05) is 0 Å². The fourth-order valence-corrected chi connectivity index (χ4v) is 1.85. The van der Waals surface area contributed by atoms with Gasteiger partial charge in [-0.25, -0.2) is 9.59 Å². The molecule has 0 aliphatic heterocycles. The summed E-state index contributed by atoms with van der Waals surface area (Å²) in [5.41, 5.74) is -1.33. The number of urea groups is 1. The molecule has 2 N–H and O–H groups in total. The predicted molar refractivity (Wildman–Crippen MR) is 68.4 cm³/mol. The first-order valence-corrected chi connectivity index (χ1v) is 6.29. The van der Waals surface area contributed by atoms with Gasteiger partial charge in [-0.15, -0.1) is 0 Å². The number of hydrogen-bond donors (Lipinski definition) is 2. The molecule has 1 fully saturated rings. The molecule has 0 aromatic rings. The van der Waals surface area contributed by atoms with E-state index in [9.17, 15) is 19.2 Å². The summed E-state index contributed by atoms with van der Waals surface area (Å²) in [5, 5.41) is 11.5. The van der Waals surface area contributed by atoms with E-state index in [0.717, 1.165) is 19.1 Å². The third-order valence-corrected chi connectivity index (χ3v) is 3.35. The SMILES string of the molecule is COC(=O)CN(CC(=O)OC)C(=O)NC1(C(=O)O)CCC1. The van der Waals surface area contributed by atoms with Crippen LogP contribution in [0.5, 0.6) is 0 Å². The van der Waals surface area contributed by atoms with Crippen LogP contribution in [-0.4, -0.2) is 66.8 Å². The Morgan fingerprint density at radius 1 is 1.10 bits per heavy atom. The smallest absolute Gasteiger partial charge is 0.329 e. The van der Waals surface area contributed by atoms with E-state index in [1.165, 1.54) is 0 Å². The molecule has 9 heteroatoms. The number of nitrogens with zero attached hydrogens (tertiary/aromatic N) is 1. The second kappa shape index (κ2) is 6.91. The second-order valence-corrected chi connectivity index (χ2v) is 4.68. The van der Waals surface area contributed by atoms with Crippen LogP contribution in [-0.2, 0) is 23.9 Å². The van der Waals surface area contributed by atoms with Crippen LogP contribution >= 0.6 is 0 Å². The van der Waals surface area contributed by atoms with Crippen LogP contribution in [0.1, 0.15) is 19.3 Å². The molecule has 1 aliphatic rings. The molecule has 118 valence electrons. The number of ether oxygens (including phenoxy) is 2. The molecule has 2 amide bonds. The van der Waals surface area contributed by atoms with E-state index < -0.39 is 42.6 Å². The lowest BCUT2D eigenvalue weighted by Crippen LogP contribution is -2.62. The Balaban J connectivity index is 2.76. The maximum atomic E-state index is 12.1. The lowest BCUT2D eigenvalue weighted by Gasteiger charge is -2.39. The summed E-state index contributed by atoms with van der Waals surface area (Å²) in [7, 11) is 2.28. The lowest BCUT2D eigenvalue weighted by atomic mass is 9.77. The molecule has 0 atom stereocenters. The monoisotopic (exact) mass is 302 g/mol. The van der Waals surface area contributed by atoms with Crippen LogP contribution in [0, 0.1) is 0 Å². The Morgan fingerprint density at radius 3 is 1.86 bits per heavy atom. The van der Waals surface area contributed by atoms with Crippen molar-refractivity contribution in [3.63, 3.8) is 0 Å². The fraction of sp³-hybridized carbons (Fsp3) is 0.667. The van der Waals surface area contributed by atoms with Gasteiger partial charge in [-0.05, 0) is 19.3 Å². The summed E-state index contributed by atoms with van der Waals surface area (Å²) in [4.78, 5) is 46.7. The van der Waals surface area contributed by atoms with Crippen molar-refractivity contribution in [3.05, 3.63) is 0 Å². The molecule has 1 aliphatic carbocycles. The van der Waals surface area contributed by atoms with E-state index in [-0.39, 0.29) is 0 Å². The number of nitrogens with one attached hydrogen (secondary N) is 1. The summed E-state index contributed by atoms with van der Waals surface area (Å²) < 4.78 is 8.87. The maximum Gasteiger partial charge on any atom is 0.329 e. The Labute approximate surface area is 121 Å². The third kappa shape index (κ3) is 4.07. The molecule has 0 bridgehead atoms. The van der Waals surface area contributed by atoms with Gasteiger partial charge in [0, 0.05) is 0 Å². The van der Waals surface area contributed by atoms with Gasteiger partial charge in [-0.2, -0.15) is 0 Å². The van der Waals surface area contributed by atoms with E-state index in [0.29, 0.717) is 19.3 Å². The van der Waals surface area contributed by atoms with Crippen molar-refractivity contribution < 1.29 is 33.8 Å². The highest BCUT2D eigenvalue weighted by atomic mass is 16.5. The van der Waals surface area contributed by atoms with Gasteiger partial charge in [0.15, 0.2) is 0 Å². The van der Waals surface area contributed by atoms with Gasteiger partial charge in [0.05, 0.1) is 14.2 Å². The van der Waals surface area contributed by atoms with Crippen LogP contribution in [0.2, 0.25) is 0 Å². The first kappa shape index (κ1) is 16.7. The molecule has 0 radical (unpaired) electrons. The summed E-state index contributed by atoms with van der Waals surface area (Å²) in [6.07, 6.45) is 1.29. The van der Waals surface area contributed by atoms with Crippen molar-refractivity contribution in [3.8, 4) is 0 Å². The van der Waals surface area contributed by atoms with Gasteiger partial charge < -0.3 is 24.8 Å². The maximum absolute atomic E-state index is 12.1. The Bertz CT molecular complexity index is 427. The zero-order valence-electron chi connectivity index (χ0n) is 11.9. The number of amides is 2. The van der Waals surface area contributed by atoms with Crippen molar-refractivity contribution in [1.29, 1.82) is 0 Å². The van der Waals surface area contributed by atoms with E-state index in [2.05, 4.69) is 14.8 Å². The molecule has 21 heavy (non-hydrogen) atoms. The highest BCUT2D eigenvalue weighted by Crippen LogP contribution is 2.32. The van der Waals surface area contributed by atoms with Crippen LogP contribution < -0.4 is 5.32 Å². The van der Waals surface area contributed by atoms with Crippen LogP contribution in [0.15, 0.2) is 0 Å². The van der Waals surface area contributed by atoms with Gasteiger partial charge >= 0.3 is 23.9 Å². The number of aliphatic carboxylic acids is 1. The van der Waals surface area contributed by atoms with E-state index in [4.69, 9.17) is 5.11 Å². The van der Waals surface area contributed by atoms with E-state index >= 15 is 0 Å². The van der Waals surface area contributed by atoms with Crippen molar-refractivity contribution >= 4 is 23.9 Å². The highest BCUT2D eigenvalue weighted by Gasteiger charge is 2.46.